The van der Waals surface area contributed by atoms with E-state index in [1.54, 1.807) is 0 Å². The van der Waals surface area contributed by atoms with Gasteiger partial charge in [-0.2, -0.15) is 0 Å². The van der Waals surface area contributed by atoms with Gasteiger partial charge >= 0.3 is 0 Å². The third-order valence-corrected chi connectivity index (χ3v) is 4.75. The molecule has 0 spiro atoms. The highest BCUT2D eigenvalue weighted by molar-refractivity contribution is 5.82. The second-order valence-corrected chi connectivity index (χ2v) is 7.34. The van der Waals surface area contributed by atoms with E-state index in [0.29, 0.717) is 5.92 Å². The van der Waals surface area contributed by atoms with Crippen LogP contribution in [0.3, 0.4) is 0 Å². The van der Waals surface area contributed by atoms with E-state index in [1.165, 1.54) is 16.7 Å². The Morgan fingerprint density at radius 1 is 0.769 bits per heavy atom. The fourth-order valence-electron chi connectivity index (χ4n) is 3.38. The molecule has 0 saturated carbocycles. The Morgan fingerprint density at radius 3 is 2.12 bits per heavy atom. The van der Waals surface area contributed by atoms with E-state index in [9.17, 15) is 0 Å². The molecule has 0 fully saturated rings. The molecule has 2 aromatic carbocycles. The Balaban J connectivity index is 1.73. The van der Waals surface area contributed by atoms with E-state index >= 15 is 0 Å². The molecule has 0 amide bonds. The predicted molar refractivity (Wildman–Crippen MR) is 108 cm³/mol. The maximum absolute atomic E-state index is 6.03. The molecule has 0 atom stereocenters. The number of hydrogen-bond acceptors (Lipinski definition) is 2. The number of nitrogens with zero attached hydrogens (tertiary/aromatic N) is 1. The summed E-state index contributed by atoms with van der Waals surface area (Å²) < 4.78 is 6.03. The first kappa shape index (κ1) is 16.6. The molecular formula is C24H23NO. The predicted octanol–water partition coefficient (Wildman–Crippen LogP) is 6.90. The maximum atomic E-state index is 6.03. The molecule has 0 aliphatic heterocycles. The number of fused-ring (bicyclic) bond motifs is 1. The van der Waals surface area contributed by atoms with Crippen LogP contribution in [0.25, 0.3) is 33.7 Å². The summed E-state index contributed by atoms with van der Waals surface area (Å²) in [5, 5.41) is 0. The van der Waals surface area contributed by atoms with Crippen LogP contribution in [0.4, 0.5) is 0 Å². The van der Waals surface area contributed by atoms with Gasteiger partial charge in [0.2, 0.25) is 0 Å². The summed E-state index contributed by atoms with van der Waals surface area (Å²) in [6, 6.07) is 21.2. The zero-order valence-corrected chi connectivity index (χ0v) is 15.7. The molecule has 2 aromatic heterocycles. The summed E-state index contributed by atoms with van der Waals surface area (Å²) in [5.41, 5.74) is 8.76. The van der Waals surface area contributed by atoms with Gasteiger partial charge in [-0.15, -0.1) is 0 Å². The van der Waals surface area contributed by atoms with Crippen LogP contribution in [0.2, 0.25) is 0 Å². The Kier molecular flexibility index (Phi) is 4.12. The molecule has 130 valence electrons. The molecule has 0 unspecified atom stereocenters. The first-order valence-electron chi connectivity index (χ1n) is 9.09. The van der Waals surface area contributed by atoms with Crippen LogP contribution < -0.4 is 0 Å². The van der Waals surface area contributed by atoms with Gasteiger partial charge in [-0.05, 0) is 49.6 Å². The normalized spacial score (nSPS) is 11.4. The fourth-order valence-corrected chi connectivity index (χ4v) is 3.38. The van der Waals surface area contributed by atoms with Crippen molar-refractivity contribution in [2.45, 2.75) is 33.6 Å². The third kappa shape index (κ3) is 3.15. The van der Waals surface area contributed by atoms with Gasteiger partial charge in [0.1, 0.15) is 11.3 Å². The molecule has 0 aliphatic carbocycles. The second-order valence-electron chi connectivity index (χ2n) is 7.34. The van der Waals surface area contributed by atoms with Crippen molar-refractivity contribution in [2.75, 3.05) is 0 Å². The lowest BCUT2D eigenvalue weighted by Crippen LogP contribution is -1.86. The standard InChI is InChI=1S/C24H23NO/c1-15(2)18-5-7-19(8-6-18)24-14-22-23(26-24)10-9-21(25-22)20-12-16(3)11-17(4)13-20/h5-15H,1-4H3. The molecule has 0 aliphatic rings. The Morgan fingerprint density at radius 2 is 1.46 bits per heavy atom. The lowest BCUT2D eigenvalue weighted by molar-refractivity contribution is 0.631. The highest BCUT2D eigenvalue weighted by Crippen LogP contribution is 2.30. The largest absolute Gasteiger partial charge is 0.454 e. The molecule has 0 saturated heterocycles. The quantitative estimate of drug-likeness (QED) is 0.405. The number of rotatable bonds is 3. The van der Waals surface area contributed by atoms with Gasteiger partial charge in [0.05, 0.1) is 5.69 Å². The fraction of sp³-hybridized carbons (Fsp3) is 0.208. The maximum Gasteiger partial charge on any atom is 0.153 e. The minimum absolute atomic E-state index is 0.529. The number of pyridine rings is 1. The average molecular weight is 341 g/mol. The lowest BCUT2D eigenvalue weighted by atomic mass is 10.0. The van der Waals surface area contributed by atoms with Crippen molar-refractivity contribution >= 4 is 11.1 Å². The molecule has 2 heteroatoms. The summed E-state index contributed by atoms with van der Waals surface area (Å²) in [7, 11) is 0. The first-order chi connectivity index (χ1) is 12.5. The summed E-state index contributed by atoms with van der Waals surface area (Å²) in [5.74, 6) is 1.39. The monoisotopic (exact) mass is 341 g/mol. The first-order valence-corrected chi connectivity index (χ1v) is 9.09. The highest BCUT2D eigenvalue weighted by atomic mass is 16.3. The summed E-state index contributed by atoms with van der Waals surface area (Å²) in [6.45, 7) is 8.64. The van der Waals surface area contributed by atoms with Crippen molar-refractivity contribution in [1.29, 1.82) is 0 Å². The molecule has 4 rings (SSSR count). The van der Waals surface area contributed by atoms with Crippen molar-refractivity contribution in [3.05, 3.63) is 77.4 Å². The van der Waals surface area contributed by atoms with E-state index in [1.807, 2.05) is 18.2 Å². The van der Waals surface area contributed by atoms with Crippen molar-refractivity contribution in [2.24, 2.45) is 0 Å². The van der Waals surface area contributed by atoms with Gasteiger partial charge in [-0.1, -0.05) is 55.3 Å². The summed E-state index contributed by atoms with van der Waals surface area (Å²) in [6.07, 6.45) is 0. The Labute approximate surface area is 154 Å². The second kappa shape index (κ2) is 6.45. The zero-order valence-electron chi connectivity index (χ0n) is 15.7. The summed E-state index contributed by atoms with van der Waals surface area (Å²) >= 11 is 0. The Hall–Kier alpha value is -2.87. The average Bonchev–Trinajstić information content (AvgIpc) is 3.04. The van der Waals surface area contributed by atoms with Crippen LogP contribution >= 0.6 is 0 Å². The number of hydrogen-bond donors (Lipinski definition) is 0. The topological polar surface area (TPSA) is 26.0 Å². The Bertz CT molecular complexity index is 1050. The van der Waals surface area contributed by atoms with Gasteiger partial charge < -0.3 is 4.42 Å². The zero-order chi connectivity index (χ0) is 18.3. The molecule has 0 N–H and O–H groups in total. The van der Waals surface area contributed by atoms with Gasteiger partial charge in [0.25, 0.3) is 0 Å². The highest BCUT2D eigenvalue weighted by Gasteiger charge is 2.10. The van der Waals surface area contributed by atoms with Crippen LogP contribution in [-0.2, 0) is 0 Å². The van der Waals surface area contributed by atoms with E-state index in [0.717, 1.165) is 33.7 Å². The van der Waals surface area contributed by atoms with Crippen LogP contribution in [0.5, 0.6) is 0 Å². The van der Waals surface area contributed by atoms with Gasteiger partial charge in [0, 0.05) is 17.2 Å². The van der Waals surface area contributed by atoms with Crippen molar-refractivity contribution in [3.63, 3.8) is 0 Å². The number of furan rings is 1. The minimum Gasteiger partial charge on any atom is -0.454 e. The minimum atomic E-state index is 0.529. The van der Waals surface area contributed by atoms with E-state index in [2.05, 4.69) is 70.2 Å². The van der Waals surface area contributed by atoms with E-state index in [4.69, 9.17) is 9.40 Å². The summed E-state index contributed by atoms with van der Waals surface area (Å²) in [4.78, 5) is 4.83. The van der Waals surface area contributed by atoms with E-state index < -0.39 is 0 Å². The van der Waals surface area contributed by atoms with Crippen molar-refractivity contribution < 1.29 is 4.42 Å². The van der Waals surface area contributed by atoms with Crippen LogP contribution in [-0.4, -0.2) is 4.98 Å². The molecule has 0 bridgehead atoms. The number of aromatic nitrogens is 1. The molecule has 0 radical (unpaired) electrons. The molecule has 2 nitrogen and oxygen atoms in total. The van der Waals surface area contributed by atoms with Crippen LogP contribution in [0.1, 0.15) is 36.5 Å². The van der Waals surface area contributed by atoms with E-state index in [-0.39, 0.29) is 0 Å². The molecule has 26 heavy (non-hydrogen) atoms. The van der Waals surface area contributed by atoms with Crippen molar-refractivity contribution in [3.8, 4) is 22.6 Å². The molecular weight excluding hydrogens is 318 g/mol. The number of benzene rings is 2. The third-order valence-electron chi connectivity index (χ3n) is 4.75. The van der Waals surface area contributed by atoms with Crippen LogP contribution in [0, 0.1) is 13.8 Å². The lowest BCUT2D eigenvalue weighted by Gasteiger charge is -2.05. The van der Waals surface area contributed by atoms with Gasteiger partial charge in [-0.25, -0.2) is 4.98 Å². The van der Waals surface area contributed by atoms with Crippen LogP contribution in [0.15, 0.2) is 65.1 Å². The van der Waals surface area contributed by atoms with Crippen molar-refractivity contribution in [1.82, 2.24) is 4.98 Å². The smallest absolute Gasteiger partial charge is 0.153 e. The number of aryl methyl sites for hydroxylation is 2. The van der Waals surface area contributed by atoms with Gasteiger partial charge in [-0.3, -0.25) is 0 Å². The molecule has 2 heterocycles. The van der Waals surface area contributed by atoms with Gasteiger partial charge in [0.15, 0.2) is 5.58 Å². The molecule has 4 aromatic rings. The SMILES string of the molecule is Cc1cc(C)cc(-c2ccc3oc(-c4ccc(C(C)C)cc4)cc3n2)c1.